The van der Waals surface area contributed by atoms with Crippen LogP contribution >= 0.6 is 11.3 Å². The smallest absolute Gasteiger partial charge is 0.214 e. The average molecular weight is 371 g/mol. The van der Waals surface area contributed by atoms with Crippen molar-refractivity contribution < 1.29 is 0 Å². The second-order valence-corrected chi connectivity index (χ2v) is 8.18. The van der Waals surface area contributed by atoms with Crippen molar-refractivity contribution in [3.05, 3.63) is 30.5 Å². The monoisotopic (exact) mass is 370 g/mol. The molecule has 138 valence electrons. The van der Waals surface area contributed by atoms with E-state index in [4.69, 9.17) is 5.10 Å². The molecule has 3 aromatic rings. The maximum absolute atomic E-state index is 4.86. The Kier molecular flexibility index (Phi) is 4.82. The quantitative estimate of drug-likeness (QED) is 0.748. The van der Waals surface area contributed by atoms with Crippen LogP contribution in [0, 0.1) is 5.92 Å². The van der Waals surface area contributed by atoms with Crippen LogP contribution in [0.15, 0.2) is 30.5 Å². The fourth-order valence-corrected chi connectivity index (χ4v) is 4.35. The van der Waals surface area contributed by atoms with E-state index in [-0.39, 0.29) is 0 Å². The van der Waals surface area contributed by atoms with Gasteiger partial charge in [0, 0.05) is 38.9 Å². The van der Waals surface area contributed by atoms with Crippen LogP contribution in [0.3, 0.4) is 0 Å². The van der Waals surface area contributed by atoms with Gasteiger partial charge in [-0.05, 0) is 44.0 Å². The van der Waals surface area contributed by atoms with Gasteiger partial charge < -0.3 is 15.1 Å². The lowest BCUT2D eigenvalue weighted by molar-refractivity contribution is 0.377. The highest BCUT2D eigenvalue weighted by Crippen LogP contribution is 2.30. The Labute approximate surface area is 158 Å². The molecule has 7 heteroatoms. The van der Waals surface area contributed by atoms with Gasteiger partial charge >= 0.3 is 0 Å². The zero-order chi connectivity index (χ0) is 18.1. The minimum atomic E-state index is 0.744. The predicted molar refractivity (Wildman–Crippen MR) is 109 cm³/mol. The van der Waals surface area contributed by atoms with Crippen molar-refractivity contribution in [2.75, 3.05) is 50.6 Å². The van der Waals surface area contributed by atoms with Gasteiger partial charge in [0.05, 0.1) is 11.9 Å². The summed E-state index contributed by atoms with van der Waals surface area (Å²) in [5, 5.41) is 9.33. The zero-order valence-corrected chi connectivity index (χ0v) is 16.5. The molecule has 1 N–H and O–H groups in total. The van der Waals surface area contributed by atoms with Gasteiger partial charge in [0.1, 0.15) is 0 Å². The SMILES string of the molecule is CN(C)c1cccc(-c2cnc3sc(N(C)CC4CCNCC4)nn23)c1. The normalized spacial score (nSPS) is 15.5. The van der Waals surface area contributed by atoms with Crippen LogP contribution in [0.2, 0.25) is 0 Å². The summed E-state index contributed by atoms with van der Waals surface area (Å²) in [7, 11) is 6.26. The number of nitrogens with one attached hydrogen (secondary N) is 1. The summed E-state index contributed by atoms with van der Waals surface area (Å²) in [6.07, 6.45) is 4.41. The van der Waals surface area contributed by atoms with Crippen LogP contribution < -0.4 is 15.1 Å². The third-order valence-corrected chi connectivity index (χ3v) is 6.09. The van der Waals surface area contributed by atoms with Gasteiger partial charge in [0.15, 0.2) is 0 Å². The molecule has 6 nitrogen and oxygen atoms in total. The molecule has 0 amide bonds. The lowest BCUT2D eigenvalue weighted by Gasteiger charge is -2.27. The Morgan fingerprint density at radius 3 is 2.81 bits per heavy atom. The maximum Gasteiger partial charge on any atom is 0.214 e. The molecular formula is C19H26N6S. The first-order chi connectivity index (χ1) is 12.6. The Balaban J connectivity index is 1.59. The second kappa shape index (κ2) is 7.25. The summed E-state index contributed by atoms with van der Waals surface area (Å²) in [5.74, 6) is 0.744. The summed E-state index contributed by atoms with van der Waals surface area (Å²) in [6, 6.07) is 8.50. The molecule has 1 fully saturated rings. The molecule has 0 radical (unpaired) electrons. The molecule has 4 rings (SSSR count). The Bertz CT molecular complexity index is 877. The summed E-state index contributed by atoms with van der Waals surface area (Å²) < 4.78 is 1.98. The molecule has 2 aromatic heterocycles. The largest absolute Gasteiger partial charge is 0.378 e. The van der Waals surface area contributed by atoms with Gasteiger partial charge in [-0.25, -0.2) is 9.50 Å². The Hall–Kier alpha value is -2.12. The minimum absolute atomic E-state index is 0.744. The number of imidazole rings is 1. The highest BCUT2D eigenvalue weighted by molar-refractivity contribution is 7.20. The first kappa shape index (κ1) is 17.3. The summed E-state index contributed by atoms with van der Waals surface area (Å²) in [4.78, 5) is 9.93. The Morgan fingerprint density at radius 1 is 1.23 bits per heavy atom. The fraction of sp³-hybridized carbons (Fsp3) is 0.474. The number of hydrogen-bond donors (Lipinski definition) is 1. The second-order valence-electron chi connectivity index (χ2n) is 7.24. The van der Waals surface area contributed by atoms with E-state index in [1.54, 1.807) is 11.3 Å². The minimum Gasteiger partial charge on any atom is -0.378 e. The predicted octanol–water partition coefficient (Wildman–Crippen LogP) is 2.96. The maximum atomic E-state index is 4.86. The standard InChI is InChI=1S/C19H26N6S/c1-23(2)16-6-4-5-15(11-16)17-12-21-18-25(17)22-19(26-18)24(3)13-14-7-9-20-10-8-14/h4-6,11-12,14,20H,7-10,13H2,1-3H3. The van der Waals surface area contributed by atoms with Crippen LogP contribution in [-0.2, 0) is 0 Å². The van der Waals surface area contributed by atoms with Crippen molar-refractivity contribution in [3.63, 3.8) is 0 Å². The molecule has 0 atom stereocenters. The summed E-state index contributed by atoms with van der Waals surface area (Å²) in [5.41, 5.74) is 3.36. The van der Waals surface area contributed by atoms with Gasteiger partial charge in [-0.2, -0.15) is 0 Å². The average Bonchev–Trinajstić information content (AvgIpc) is 3.23. The number of benzene rings is 1. The highest BCUT2D eigenvalue weighted by Gasteiger charge is 2.19. The highest BCUT2D eigenvalue weighted by atomic mass is 32.1. The number of hydrogen-bond acceptors (Lipinski definition) is 6. The Morgan fingerprint density at radius 2 is 2.04 bits per heavy atom. The molecule has 0 bridgehead atoms. The summed E-state index contributed by atoms with van der Waals surface area (Å²) in [6.45, 7) is 3.32. The van der Waals surface area contributed by atoms with Crippen molar-refractivity contribution >= 4 is 27.1 Å². The van der Waals surface area contributed by atoms with Crippen molar-refractivity contribution in [3.8, 4) is 11.3 Å². The van der Waals surface area contributed by atoms with Crippen molar-refractivity contribution in [1.29, 1.82) is 0 Å². The van der Waals surface area contributed by atoms with E-state index in [1.807, 2.05) is 10.7 Å². The van der Waals surface area contributed by atoms with E-state index in [1.165, 1.54) is 18.5 Å². The number of fused-ring (bicyclic) bond motifs is 1. The topological polar surface area (TPSA) is 48.7 Å². The van der Waals surface area contributed by atoms with Crippen molar-refractivity contribution in [2.45, 2.75) is 12.8 Å². The molecule has 0 saturated carbocycles. The number of nitrogens with zero attached hydrogens (tertiary/aromatic N) is 5. The van der Waals surface area contributed by atoms with Crippen LogP contribution in [0.4, 0.5) is 10.8 Å². The van der Waals surface area contributed by atoms with Crippen molar-refractivity contribution in [2.24, 2.45) is 5.92 Å². The van der Waals surface area contributed by atoms with E-state index in [2.05, 4.69) is 65.5 Å². The zero-order valence-electron chi connectivity index (χ0n) is 15.6. The fourth-order valence-electron chi connectivity index (χ4n) is 3.51. The van der Waals surface area contributed by atoms with Gasteiger partial charge in [-0.3, -0.25) is 0 Å². The van der Waals surface area contributed by atoms with Crippen LogP contribution in [0.5, 0.6) is 0 Å². The number of aromatic nitrogens is 3. The lowest BCUT2D eigenvalue weighted by Crippen LogP contribution is -2.34. The molecule has 0 spiro atoms. The van der Waals surface area contributed by atoms with Crippen molar-refractivity contribution in [1.82, 2.24) is 19.9 Å². The van der Waals surface area contributed by atoms with Gasteiger partial charge in [-0.1, -0.05) is 23.5 Å². The van der Waals surface area contributed by atoms with Crippen LogP contribution in [0.1, 0.15) is 12.8 Å². The van der Waals surface area contributed by atoms with Gasteiger partial charge in [0.2, 0.25) is 10.1 Å². The molecule has 0 aliphatic carbocycles. The van der Waals surface area contributed by atoms with E-state index in [0.29, 0.717) is 0 Å². The first-order valence-electron chi connectivity index (χ1n) is 9.16. The molecular weight excluding hydrogens is 344 g/mol. The van der Waals surface area contributed by atoms with Gasteiger partial charge in [0.25, 0.3) is 0 Å². The van der Waals surface area contributed by atoms with E-state index in [9.17, 15) is 0 Å². The number of rotatable bonds is 5. The molecule has 0 unspecified atom stereocenters. The third kappa shape index (κ3) is 3.41. The first-order valence-corrected chi connectivity index (χ1v) is 9.97. The molecule has 26 heavy (non-hydrogen) atoms. The molecule has 1 aliphatic heterocycles. The van der Waals surface area contributed by atoms with Gasteiger partial charge in [-0.15, -0.1) is 5.10 Å². The number of piperidine rings is 1. The molecule has 1 aliphatic rings. The molecule has 1 saturated heterocycles. The van der Waals surface area contributed by atoms with E-state index in [0.717, 1.165) is 46.9 Å². The van der Waals surface area contributed by atoms with Crippen LogP contribution in [0.25, 0.3) is 16.2 Å². The number of anilines is 2. The third-order valence-electron chi connectivity index (χ3n) is 5.05. The molecule has 3 heterocycles. The van der Waals surface area contributed by atoms with Crippen LogP contribution in [-0.4, -0.2) is 55.4 Å². The van der Waals surface area contributed by atoms with E-state index >= 15 is 0 Å². The summed E-state index contributed by atoms with van der Waals surface area (Å²) >= 11 is 1.66. The lowest BCUT2D eigenvalue weighted by atomic mass is 9.98. The van der Waals surface area contributed by atoms with E-state index < -0.39 is 0 Å². The molecule has 1 aromatic carbocycles.